The van der Waals surface area contributed by atoms with Crippen molar-refractivity contribution in [2.75, 3.05) is 25.4 Å². The van der Waals surface area contributed by atoms with Crippen LogP contribution >= 0.6 is 0 Å². The first kappa shape index (κ1) is 14.0. The van der Waals surface area contributed by atoms with E-state index in [1.54, 1.807) is 0 Å². The first-order valence-corrected chi connectivity index (χ1v) is 7.59. The minimum atomic E-state index is 0.768. The van der Waals surface area contributed by atoms with E-state index in [1.807, 2.05) is 18.2 Å². The molecule has 1 heterocycles. The summed E-state index contributed by atoms with van der Waals surface area (Å²) in [6.07, 6.45) is 2.15. The van der Waals surface area contributed by atoms with Crippen molar-refractivity contribution in [3.05, 3.63) is 59.7 Å². The molecule has 110 valence electrons. The second-order valence-corrected chi connectivity index (χ2v) is 5.53. The molecule has 0 saturated carbocycles. The summed E-state index contributed by atoms with van der Waals surface area (Å²) in [4.78, 5) is 2.46. The van der Waals surface area contributed by atoms with Gasteiger partial charge >= 0.3 is 0 Å². The third kappa shape index (κ3) is 3.56. The van der Waals surface area contributed by atoms with Gasteiger partial charge in [0.2, 0.25) is 0 Å². The fourth-order valence-electron chi connectivity index (χ4n) is 2.83. The molecule has 1 aliphatic rings. The second kappa shape index (κ2) is 6.64. The van der Waals surface area contributed by atoms with E-state index in [0.717, 1.165) is 50.5 Å². The predicted molar refractivity (Wildman–Crippen MR) is 86.4 cm³/mol. The highest BCUT2D eigenvalue weighted by Gasteiger charge is 2.14. The predicted octanol–water partition coefficient (Wildman–Crippen LogP) is 3.10. The lowest BCUT2D eigenvalue weighted by molar-refractivity contribution is 0.224. The standard InChI is InChI=1S/C18H22N2O/c19-17-9-3-1-6-15(17)8-5-11-20-12-13-21-18-10-4-2-7-16(18)14-20/h1-4,6-7,9-10H,5,8,11-14,19H2. The van der Waals surface area contributed by atoms with E-state index in [2.05, 4.69) is 35.2 Å². The molecule has 0 atom stereocenters. The fourth-order valence-corrected chi connectivity index (χ4v) is 2.83. The Balaban J connectivity index is 1.55. The molecule has 0 aliphatic carbocycles. The summed E-state index contributed by atoms with van der Waals surface area (Å²) in [5, 5.41) is 0. The van der Waals surface area contributed by atoms with Gasteiger partial charge in [-0.25, -0.2) is 0 Å². The van der Waals surface area contributed by atoms with Gasteiger partial charge in [0.25, 0.3) is 0 Å². The zero-order valence-electron chi connectivity index (χ0n) is 12.3. The van der Waals surface area contributed by atoms with Crippen molar-refractivity contribution >= 4 is 5.69 Å². The smallest absolute Gasteiger partial charge is 0.123 e. The molecule has 3 heteroatoms. The third-order valence-electron chi connectivity index (χ3n) is 4.01. The number of ether oxygens (including phenoxy) is 1. The van der Waals surface area contributed by atoms with Crippen molar-refractivity contribution in [2.45, 2.75) is 19.4 Å². The van der Waals surface area contributed by atoms with Crippen LogP contribution in [0.2, 0.25) is 0 Å². The number of aryl methyl sites for hydroxylation is 1. The summed E-state index contributed by atoms with van der Waals surface area (Å²) in [7, 11) is 0. The van der Waals surface area contributed by atoms with Crippen LogP contribution in [0.15, 0.2) is 48.5 Å². The van der Waals surface area contributed by atoms with Crippen LogP contribution in [0.25, 0.3) is 0 Å². The monoisotopic (exact) mass is 282 g/mol. The Morgan fingerprint density at radius 2 is 1.86 bits per heavy atom. The Morgan fingerprint density at radius 3 is 2.76 bits per heavy atom. The Hall–Kier alpha value is -2.00. The SMILES string of the molecule is Nc1ccccc1CCCN1CCOc2ccccc2C1. The van der Waals surface area contributed by atoms with Crippen LogP contribution in [0, 0.1) is 0 Å². The minimum absolute atomic E-state index is 0.768. The van der Waals surface area contributed by atoms with Gasteiger partial charge in [0.1, 0.15) is 12.4 Å². The highest BCUT2D eigenvalue weighted by atomic mass is 16.5. The lowest BCUT2D eigenvalue weighted by atomic mass is 10.1. The fraction of sp³-hybridized carbons (Fsp3) is 0.333. The Labute approximate surface area is 126 Å². The van der Waals surface area contributed by atoms with Gasteiger partial charge in [-0.15, -0.1) is 0 Å². The summed E-state index contributed by atoms with van der Waals surface area (Å²) >= 11 is 0. The number of hydrogen-bond donors (Lipinski definition) is 1. The number of rotatable bonds is 4. The molecular weight excluding hydrogens is 260 g/mol. The number of hydrogen-bond acceptors (Lipinski definition) is 3. The second-order valence-electron chi connectivity index (χ2n) is 5.53. The first-order chi connectivity index (χ1) is 10.3. The van der Waals surface area contributed by atoms with E-state index in [9.17, 15) is 0 Å². The summed E-state index contributed by atoms with van der Waals surface area (Å²) in [5.41, 5.74) is 9.44. The highest BCUT2D eigenvalue weighted by molar-refractivity contribution is 5.46. The average Bonchev–Trinajstić information content (AvgIpc) is 2.71. The van der Waals surface area contributed by atoms with E-state index < -0.39 is 0 Å². The Bertz CT molecular complexity index is 597. The number of anilines is 1. The van der Waals surface area contributed by atoms with Gasteiger partial charge in [0.15, 0.2) is 0 Å². The van der Waals surface area contributed by atoms with Crippen LogP contribution < -0.4 is 10.5 Å². The lowest BCUT2D eigenvalue weighted by Gasteiger charge is -2.19. The van der Waals surface area contributed by atoms with Gasteiger partial charge in [-0.05, 0) is 37.1 Å². The van der Waals surface area contributed by atoms with Gasteiger partial charge in [0, 0.05) is 24.3 Å². The van der Waals surface area contributed by atoms with E-state index >= 15 is 0 Å². The van der Waals surface area contributed by atoms with Crippen molar-refractivity contribution in [3.8, 4) is 5.75 Å². The quantitative estimate of drug-likeness (QED) is 0.876. The number of nitrogen functional groups attached to an aromatic ring is 1. The lowest BCUT2D eigenvalue weighted by Crippen LogP contribution is -2.27. The van der Waals surface area contributed by atoms with Crippen LogP contribution in [0.3, 0.4) is 0 Å². The highest BCUT2D eigenvalue weighted by Crippen LogP contribution is 2.22. The summed E-state index contributed by atoms with van der Waals surface area (Å²) in [5.74, 6) is 1.03. The van der Waals surface area contributed by atoms with Crippen molar-refractivity contribution in [1.29, 1.82) is 0 Å². The molecule has 0 bridgehead atoms. The van der Waals surface area contributed by atoms with Crippen LogP contribution in [-0.2, 0) is 13.0 Å². The van der Waals surface area contributed by atoms with E-state index in [1.165, 1.54) is 11.1 Å². The molecule has 0 aromatic heterocycles. The molecular formula is C18H22N2O. The first-order valence-electron chi connectivity index (χ1n) is 7.59. The Morgan fingerprint density at radius 1 is 1.05 bits per heavy atom. The number of fused-ring (bicyclic) bond motifs is 1. The van der Waals surface area contributed by atoms with Crippen LogP contribution in [0.1, 0.15) is 17.5 Å². The summed E-state index contributed by atoms with van der Waals surface area (Å²) in [6.45, 7) is 3.80. The number of para-hydroxylation sites is 2. The molecule has 0 radical (unpaired) electrons. The van der Waals surface area contributed by atoms with Gasteiger partial charge in [-0.3, -0.25) is 4.90 Å². The minimum Gasteiger partial charge on any atom is -0.492 e. The molecule has 1 aliphatic heterocycles. The molecule has 3 nitrogen and oxygen atoms in total. The van der Waals surface area contributed by atoms with Crippen LogP contribution in [-0.4, -0.2) is 24.6 Å². The summed E-state index contributed by atoms with van der Waals surface area (Å²) < 4.78 is 5.80. The van der Waals surface area contributed by atoms with Crippen molar-refractivity contribution in [2.24, 2.45) is 0 Å². The number of benzene rings is 2. The molecule has 0 fully saturated rings. The zero-order chi connectivity index (χ0) is 14.5. The average molecular weight is 282 g/mol. The maximum atomic E-state index is 5.99. The van der Waals surface area contributed by atoms with Gasteiger partial charge in [0.05, 0.1) is 0 Å². The molecule has 3 rings (SSSR count). The number of nitrogens with two attached hydrogens (primary N) is 1. The normalized spacial score (nSPS) is 15.0. The molecule has 2 aromatic carbocycles. The van der Waals surface area contributed by atoms with Gasteiger partial charge in [-0.2, -0.15) is 0 Å². The molecule has 0 amide bonds. The molecule has 0 saturated heterocycles. The maximum Gasteiger partial charge on any atom is 0.123 e. The molecule has 2 N–H and O–H groups in total. The van der Waals surface area contributed by atoms with Crippen molar-refractivity contribution in [1.82, 2.24) is 4.90 Å². The van der Waals surface area contributed by atoms with Crippen molar-refractivity contribution in [3.63, 3.8) is 0 Å². The molecule has 0 spiro atoms. The van der Waals surface area contributed by atoms with Gasteiger partial charge < -0.3 is 10.5 Å². The van der Waals surface area contributed by atoms with Crippen LogP contribution in [0.5, 0.6) is 5.75 Å². The Kier molecular flexibility index (Phi) is 4.41. The van der Waals surface area contributed by atoms with E-state index in [4.69, 9.17) is 10.5 Å². The van der Waals surface area contributed by atoms with Gasteiger partial charge in [-0.1, -0.05) is 36.4 Å². The molecule has 0 unspecified atom stereocenters. The molecule has 21 heavy (non-hydrogen) atoms. The van der Waals surface area contributed by atoms with E-state index in [0.29, 0.717) is 0 Å². The van der Waals surface area contributed by atoms with Crippen molar-refractivity contribution < 1.29 is 4.74 Å². The topological polar surface area (TPSA) is 38.5 Å². The zero-order valence-corrected chi connectivity index (χ0v) is 12.3. The van der Waals surface area contributed by atoms with Crippen LogP contribution in [0.4, 0.5) is 5.69 Å². The molecule has 2 aromatic rings. The largest absolute Gasteiger partial charge is 0.492 e. The number of nitrogens with zero attached hydrogens (tertiary/aromatic N) is 1. The third-order valence-corrected chi connectivity index (χ3v) is 4.01. The maximum absolute atomic E-state index is 5.99. The van der Waals surface area contributed by atoms with E-state index in [-0.39, 0.29) is 0 Å². The summed E-state index contributed by atoms with van der Waals surface area (Å²) in [6, 6.07) is 16.5.